The Hall–Kier alpha value is -3.58. The molecule has 42 heavy (non-hydrogen) atoms. The van der Waals surface area contributed by atoms with Crippen LogP contribution < -0.4 is 0 Å². The predicted octanol–water partition coefficient (Wildman–Crippen LogP) is 6.97. The Balaban J connectivity index is 1.73. The van der Waals surface area contributed by atoms with Crippen molar-refractivity contribution in [3.63, 3.8) is 0 Å². The predicted molar refractivity (Wildman–Crippen MR) is 138 cm³/mol. The van der Waals surface area contributed by atoms with Crippen molar-refractivity contribution in [2.45, 2.75) is 44.4 Å². The third kappa shape index (κ3) is 6.89. The third-order valence-corrected chi connectivity index (χ3v) is 7.49. The lowest BCUT2D eigenvalue weighted by molar-refractivity contribution is -0.147. The number of benzene rings is 2. The van der Waals surface area contributed by atoms with Crippen LogP contribution in [-0.4, -0.2) is 44.0 Å². The molecule has 1 N–H and O–H groups in total. The highest BCUT2D eigenvalue weighted by atomic mass is 35.5. The first-order valence-electron chi connectivity index (χ1n) is 12.4. The van der Waals surface area contributed by atoms with Crippen molar-refractivity contribution < 1.29 is 45.8 Å². The minimum absolute atomic E-state index is 0.0572. The van der Waals surface area contributed by atoms with Crippen molar-refractivity contribution in [2.24, 2.45) is 5.92 Å². The fourth-order valence-corrected chi connectivity index (χ4v) is 5.67. The highest BCUT2D eigenvalue weighted by Gasteiger charge is 2.43. The fourth-order valence-electron chi connectivity index (χ4n) is 5.00. The zero-order chi connectivity index (χ0) is 30.9. The largest absolute Gasteiger partial charge is 0.481 e. The van der Waals surface area contributed by atoms with E-state index in [2.05, 4.69) is 5.10 Å². The topological polar surface area (TPSA) is 92.5 Å². The number of ketones is 1. The van der Waals surface area contributed by atoms with Crippen molar-refractivity contribution in [3.8, 4) is 0 Å². The standard InChI is InChI=1S/C27H21Cl2F6N3O4/c28-20-8-17(32)9-21(29)23(20)22(39)12-37(11-13-5-15(30)7-16(31)6-13)25(40)19-10-36-38(24(19)27(33,34)35)18-3-1-14(2-4-18)26(41)42/h5-10,14,18H,1-4,11-12H2,(H,41,42)/t14-,18-. The van der Waals surface area contributed by atoms with E-state index in [1.54, 1.807) is 0 Å². The molecule has 1 amide bonds. The molecule has 4 rings (SSSR count). The van der Waals surface area contributed by atoms with Crippen LogP contribution in [0.2, 0.25) is 10.0 Å². The molecule has 0 saturated heterocycles. The molecule has 1 aromatic heterocycles. The molecule has 1 aliphatic rings. The first-order chi connectivity index (χ1) is 19.6. The first kappa shape index (κ1) is 31.4. The molecule has 0 spiro atoms. The number of carboxylic acids is 1. The maximum absolute atomic E-state index is 14.4. The molecular weight excluding hydrogens is 615 g/mol. The van der Waals surface area contributed by atoms with Crippen LogP contribution in [0.3, 0.4) is 0 Å². The second-order valence-electron chi connectivity index (χ2n) is 9.80. The number of carbonyl (C=O) groups excluding carboxylic acids is 2. The van der Waals surface area contributed by atoms with Crippen molar-refractivity contribution in [1.82, 2.24) is 14.7 Å². The Morgan fingerprint density at radius 3 is 2.00 bits per heavy atom. The average Bonchev–Trinajstić information content (AvgIpc) is 3.33. The van der Waals surface area contributed by atoms with Gasteiger partial charge in [-0.25, -0.2) is 13.2 Å². The van der Waals surface area contributed by atoms with E-state index in [0.717, 1.165) is 24.3 Å². The molecule has 1 fully saturated rings. The Morgan fingerprint density at radius 1 is 0.929 bits per heavy atom. The molecule has 15 heteroatoms. The van der Waals surface area contributed by atoms with E-state index < -0.39 is 93.2 Å². The van der Waals surface area contributed by atoms with E-state index >= 15 is 0 Å². The molecule has 0 atom stereocenters. The number of Topliss-reactive ketones (excluding diaryl/α,β-unsaturated/α-hetero) is 1. The lowest BCUT2D eigenvalue weighted by atomic mass is 9.86. The summed E-state index contributed by atoms with van der Waals surface area (Å²) in [5.41, 5.74) is -2.96. The summed E-state index contributed by atoms with van der Waals surface area (Å²) in [6.45, 7) is -1.66. The van der Waals surface area contributed by atoms with Gasteiger partial charge in [0.1, 0.15) is 17.5 Å². The summed E-state index contributed by atoms with van der Waals surface area (Å²) < 4.78 is 85.2. The van der Waals surface area contributed by atoms with E-state index in [1.807, 2.05) is 0 Å². The maximum Gasteiger partial charge on any atom is 0.433 e. The van der Waals surface area contributed by atoms with E-state index in [4.69, 9.17) is 23.2 Å². The van der Waals surface area contributed by atoms with Gasteiger partial charge in [-0.15, -0.1) is 0 Å². The van der Waals surface area contributed by atoms with Gasteiger partial charge in [0.25, 0.3) is 5.91 Å². The van der Waals surface area contributed by atoms with Crippen molar-refractivity contribution in [3.05, 3.63) is 86.4 Å². The number of halogens is 8. The minimum Gasteiger partial charge on any atom is -0.481 e. The minimum atomic E-state index is -5.10. The summed E-state index contributed by atoms with van der Waals surface area (Å²) in [5, 5.41) is 12.2. The highest BCUT2D eigenvalue weighted by Crippen LogP contribution is 2.39. The SMILES string of the molecule is O=C(CN(Cc1cc(F)cc(F)c1)C(=O)c1cnn([C@H]2CC[C@H](C(=O)O)CC2)c1C(F)(F)F)c1c(Cl)cc(F)cc1Cl. The molecule has 2 aromatic carbocycles. The van der Waals surface area contributed by atoms with Crippen LogP contribution in [0.15, 0.2) is 36.5 Å². The number of aromatic nitrogens is 2. The number of nitrogens with zero attached hydrogens (tertiary/aromatic N) is 3. The Bertz CT molecular complexity index is 1490. The number of carboxylic acid groups (broad SMARTS) is 1. The van der Waals surface area contributed by atoms with Gasteiger partial charge in [0.15, 0.2) is 11.5 Å². The summed E-state index contributed by atoms with van der Waals surface area (Å²) in [4.78, 5) is 38.7. The molecule has 0 radical (unpaired) electrons. The van der Waals surface area contributed by atoms with Gasteiger partial charge in [-0.1, -0.05) is 23.2 Å². The lowest BCUT2D eigenvalue weighted by Crippen LogP contribution is -2.37. The first-order valence-corrected chi connectivity index (χ1v) is 13.2. The van der Waals surface area contributed by atoms with Crippen LogP contribution in [0.4, 0.5) is 26.3 Å². The molecule has 1 saturated carbocycles. The van der Waals surface area contributed by atoms with Gasteiger partial charge in [-0.3, -0.25) is 19.1 Å². The van der Waals surface area contributed by atoms with Gasteiger partial charge in [0.05, 0.1) is 45.9 Å². The van der Waals surface area contributed by atoms with Crippen LogP contribution in [0.5, 0.6) is 0 Å². The second-order valence-corrected chi connectivity index (χ2v) is 10.6. The van der Waals surface area contributed by atoms with Gasteiger partial charge in [0.2, 0.25) is 0 Å². The summed E-state index contributed by atoms with van der Waals surface area (Å²) in [6, 6.07) is 2.91. The summed E-state index contributed by atoms with van der Waals surface area (Å²) >= 11 is 11.9. The number of alkyl halides is 3. The van der Waals surface area contributed by atoms with Gasteiger partial charge < -0.3 is 10.0 Å². The lowest BCUT2D eigenvalue weighted by Gasteiger charge is -2.28. The van der Waals surface area contributed by atoms with E-state index in [9.17, 15) is 45.8 Å². The number of carbonyl (C=O) groups is 3. The van der Waals surface area contributed by atoms with E-state index in [0.29, 0.717) is 21.8 Å². The number of hydrogen-bond donors (Lipinski definition) is 1. The number of hydrogen-bond acceptors (Lipinski definition) is 4. The van der Waals surface area contributed by atoms with E-state index in [-0.39, 0.29) is 31.2 Å². The number of aliphatic carboxylic acids is 1. The maximum atomic E-state index is 14.4. The third-order valence-electron chi connectivity index (χ3n) is 6.89. The fraction of sp³-hybridized carbons (Fsp3) is 0.333. The summed E-state index contributed by atoms with van der Waals surface area (Å²) in [7, 11) is 0. The summed E-state index contributed by atoms with van der Waals surface area (Å²) in [6.07, 6.45) is -4.11. The Morgan fingerprint density at radius 2 is 1.48 bits per heavy atom. The van der Waals surface area contributed by atoms with Crippen molar-refractivity contribution in [1.29, 1.82) is 0 Å². The molecule has 0 unspecified atom stereocenters. The molecule has 1 heterocycles. The highest BCUT2D eigenvalue weighted by molar-refractivity contribution is 6.40. The molecule has 0 aliphatic heterocycles. The van der Waals surface area contributed by atoms with Crippen LogP contribution in [0.25, 0.3) is 0 Å². The molecule has 3 aromatic rings. The van der Waals surface area contributed by atoms with Crippen molar-refractivity contribution >= 4 is 40.9 Å². The number of amides is 1. The van der Waals surface area contributed by atoms with Crippen molar-refractivity contribution in [2.75, 3.05) is 6.54 Å². The van der Waals surface area contributed by atoms with E-state index in [1.165, 1.54) is 0 Å². The van der Waals surface area contributed by atoms with Gasteiger partial charge in [0, 0.05) is 12.6 Å². The zero-order valence-electron chi connectivity index (χ0n) is 21.4. The molecule has 1 aliphatic carbocycles. The quantitative estimate of drug-likeness (QED) is 0.213. The van der Waals surface area contributed by atoms with Crippen LogP contribution >= 0.6 is 23.2 Å². The Kier molecular flexibility index (Phi) is 9.21. The van der Waals surface area contributed by atoms with Crippen LogP contribution in [-0.2, 0) is 17.5 Å². The number of rotatable bonds is 8. The molecule has 224 valence electrons. The Labute approximate surface area is 244 Å². The van der Waals surface area contributed by atoms with Gasteiger partial charge >= 0.3 is 12.1 Å². The van der Waals surface area contributed by atoms with Crippen LogP contribution in [0, 0.1) is 23.4 Å². The van der Waals surface area contributed by atoms with Gasteiger partial charge in [-0.05, 0) is 55.5 Å². The monoisotopic (exact) mass is 635 g/mol. The molecular formula is C27H21Cl2F6N3O4. The van der Waals surface area contributed by atoms with Crippen LogP contribution in [0.1, 0.15) is 63.7 Å². The molecule has 0 bridgehead atoms. The summed E-state index contributed by atoms with van der Waals surface area (Å²) in [5.74, 6) is -7.04. The average molecular weight is 636 g/mol. The normalized spacial score (nSPS) is 17.2. The second kappa shape index (κ2) is 12.3. The zero-order valence-corrected chi connectivity index (χ0v) is 22.9. The van der Waals surface area contributed by atoms with Gasteiger partial charge in [-0.2, -0.15) is 18.3 Å². The smallest absolute Gasteiger partial charge is 0.433 e. The molecule has 7 nitrogen and oxygen atoms in total.